The fraction of sp³-hybridized carbons (Fsp3) is 0.111. The van der Waals surface area contributed by atoms with Gasteiger partial charge in [-0.05, 0) is 136 Å². The summed E-state index contributed by atoms with van der Waals surface area (Å²) in [5.74, 6) is 0. The van der Waals surface area contributed by atoms with Crippen LogP contribution in [-0.4, -0.2) is 0 Å². The summed E-state index contributed by atoms with van der Waals surface area (Å²) in [5.41, 5.74) is 16.7. The molecule has 0 saturated carbocycles. The van der Waals surface area contributed by atoms with Gasteiger partial charge in [0, 0.05) is 27.9 Å². The Morgan fingerprint density at radius 3 is 1.62 bits per heavy atom. The average molecular weight is 704 g/mol. The molecule has 1 heteroatoms. The second-order valence-electron chi connectivity index (χ2n) is 16.6. The Bertz CT molecular complexity index is 3020. The number of fused-ring (bicyclic) bond motifs is 11. The molecule has 0 bridgehead atoms. The van der Waals surface area contributed by atoms with Crippen molar-refractivity contribution in [2.45, 2.75) is 38.5 Å². The zero-order chi connectivity index (χ0) is 37.1. The van der Waals surface area contributed by atoms with Crippen molar-refractivity contribution in [1.29, 1.82) is 0 Å². The van der Waals surface area contributed by atoms with Gasteiger partial charge in [0.15, 0.2) is 0 Å². The summed E-state index contributed by atoms with van der Waals surface area (Å²) in [6.45, 7) is 9.63. The molecule has 0 fully saturated rings. The second kappa shape index (κ2) is 11.5. The zero-order valence-corrected chi connectivity index (χ0v) is 31.7. The number of anilines is 3. The van der Waals surface area contributed by atoms with Gasteiger partial charge in [-0.3, -0.25) is 0 Å². The summed E-state index contributed by atoms with van der Waals surface area (Å²) in [7, 11) is 0. The van der Waals surface area contributed by atoms with Crippen molar-refractivity contribution in [2.75, 3.05) is 4.90 Å². The molecule has 0 unspecified atom stereocenters. The van der Waals surface area contributed by atoms with E-state index in [4.69, 9.17) is 0 Å². The van der Waals surface area contributed by atoms with Gasteiger partial charge in [0.05, 0.1) is 0 Å². The van der Waals surface area contributed by atoms with Crippen LogP contribution in [0.15, 0.2) is 176 Å². The van der Waals surface area contributed by atoms with Crippen LogP contribution in [0.25, 0.3) is 65.7 Å². The van der Waals surface area contributed by atoms with E-state index in [0.29, 0.717) is 0 Å². The quantitative estimate of drug-likeness (QED) is 0.165. The van der Waals surface area contributed by atoms with Gasteiger partial charge in [-0.2, -0.15) is 0 Å². The fourth-order valence-corrected chi connectivity index (χ4v) is 9.87. The average Bonchev–Trinajstić information content (AvgIpc) is 3.59. The summed E-state index contributed by atoms with van der Waals surface area (Å²) < 4.78 is 0. The lowest BCUT2D eigenvalue weighted by Gasteiger charge is -2.28. The van der Waals surface area contributed by atoms with E-state index >= 15 is 0 Å². The molecule has 2 aliphatic carbocycles. The number of hydrogen-bond acceptors (Lipinski definition) is 1. The Labute approximate surface area is 323 Å². The first-order chi connectivity index (χ1) is 26.8. The molecule has 0 atom stereocenters. The van der Waals surface area contributed by atoms with Gasteiger partial charge >= 0.3 is 0 Å². The molecule has 11 rings (SSSR count). The van der Waals surface area contributed by atoms with E-state index in [1.807, 2.05) is 0 Å². The van der Waals surface area contributed by atoms with Gasteiger partial charge < -0.3 is 4.90 Å². The highest BCUT2D eigenvalue weighted by Gasteiger charge is 2.42. The van der Waals surface area contributed by atoms with Gasteiger partial charge in [-0.1, -0.05) is 155 Å². The third-order valence-corrected chi connectivity index (χ3v) is 12.8. The summed E-state index contributed by atoms with van der Waals surface area (Å²) in [4.78, 5) is 2.45. The molecule has 55 heavy (non-hydrogen) atoms. The van der Waals surface area contributed by atoms with Crippen LogP contribution in [0.2, 0.25) is 0 Å². The van der Waals surface area contributed by atoms with E-state index in [-0.39, 0.29) is 10.8 Å². The topological polar surface area (TPSA) is 3.24 Å². The first-order valence-corrected chi connectivity index (χ1v) is 19.5. The third-order valence-electron chi connectivity index (χ3n) is 12.8. The van der Waals surface area contributed by atoms with Crippen molar-refractivity contribution in [1.82, 2.24) is 0 Å². The third kappa shape index (κ3) is 4.66. The Kier molecular flexibility index (Phi) is 6.72. The van der Waals surface area contributed by atoms with Crippen molar-refractivity contribution in [3.05, 3.63) is 198 Å². The van der Waals surface area contributed by atoms with Crippen LogP contribution in [0.4, 0.5) is 17.1 Å². The minimum absolute atomic E-state index is 0.0838. The summed E-state index contributed by atoms with van der Waals surface area (Å²) in [6.07, 6.45) is 0. The fourth-order valence-electron chi connectivity index (χ4n) is 9.87. The molecule has 262 valence electrons. The zero-order valence-electron chi connectivity index (χ0n) is 31.7. The molecule has 0 saturated heterocycles. The van der Waals surface area contributed by atoms with Crippen molar-refractivity contribution >= 4 is 49.4 Å². The lowest BCUT2D eigenvalue weighted by atomic mass is 9.79. The molecule has 0 heterocycles. The molecule has 2 aliphatic rings. The summed E-state index contributed by atoms with van der Waals surface area (Å²) in [6, 6.07) is 65.7. The number of hydrogen-bond donors (Lipinski definition) is 0. The van der Waals surface area contributed by atoms with E-state index in [1.54, 1.807) is 0 Å². The van der Waals surface area contributed by atoms with Crippen molar-refractivity contribution < 1.29 is 0 Å². The molecule has 1 nitrogen and oxygen atoms in total. The van der Waals surface area contributed by atoms with Crippen LogP contribution in [0.5, 0.6) is 0 Å². The maximum Gasteiger partial charge on any atom is 0.0468 e. The van der Waals surface area contributed by atoms with E-state index in [1.165, 1.54) is 88.0 Å². The Morgan fingerprint density at radius 1 is 0.327 bits per heavy atom. The van der Waals surface area contributed by atoms with Crippen LogP contribution in [-0.2, 0) is 10.8 Å². The molecule has 0 spiro atoms. The summed E-state index contributed by atoms with van der Waals surface area (Å²) >= 11 is 0. The van der Waals surface area contributed by atoms with Crippen LogP contribution < -0.4 is 4.90 Å². The smallest absolute Gasteiger partial charge is 0.0468 e. The standard InChI is InChI=1S/C54H41N/c1-53(2)48-29-23-37-15-9-11-17-43(37)52(48)47-33-50-46(32-51(47)53)44-28-27-41(31-49(44)54(50,3)4)55(39-24-20-35(21-25-39)34-12-6-5-7-13-34)40-26-22-38-19-18-36-14-8-10-16-42(36)45(38)30-40/h5-33H,1-4H3. The lowest BCUT2D eigenvalue weighted by molar-refractivity contribution is 0.652. The monoisotopic (exact) mass is 703 g/mol. The van der Waals surface area contributed by atoms with Gasteiger partial charge in [-0.25, -0.2) is 0 Å². The largest absolute Gasteiger partial charge is 0.310 e. The Balaban J connectivity index is 1.08. The highest BCUT2D eigenvalue weighted by Crippen LogP contribution is 2.58. The Morgan fingerprint density at radius 2 is 0.836 bits per heavy atom. The molecule has 0 aromatic heterocycles. The van der Waals surface area contributed by atoms with Gasteiger partial charge in [0.1, 0.15) is 0 Å². The predicted octanol–water partition coefficient (Wildman–Crippen LogP) is 14.9. The van der Waals surface area contributed by atoms with Crippen molar-refractivity contribution in [3.63, 3.8) is 0 Å². The van der Waals surface area contributed by atoms with Crippen LogP contribution >= 0.6 is 0 Å². The SMILES string of the molecule is CC1(C)c2cc(N(c3ccc(-c4ccccc4)cc3)c3ccc4ccc5ccccc5c4c3)ccc2-c2cc3c(cc21)-c1c(ccc2ccccc12)C3(C)C. The molecular weight excluding hydrogens is 663 g/mol. The minimum atomic E-state index is -0.185. The number of nitrogens with zero attached hydrogens (tertiary/aromatic N) is 1. The van der Waals surface area contributed by atoms with Gasteiger partial charge in [0.25, 0.3) is 0 Å². The number of benzene rings is 9. The number of rotatable bonds is 4. The molecule has 9 aromatic carbocycles. The maximum absolute atomic E-state index is 2.54. The van der Waals surface area contributed by atoms with Crippen LogP contribution in [0, 0.1) is 0 Å². The predicted molar refractivity (Wildman–Crippen MR) is 234 cm³/mol. The minimum Gasteiger partial charge on any atom is -0.310 e. The van der Waals surface area contributed by atoms with Crippen molar-refractivity contribution in [2.24, 2.45) is 0 Å². The molecule has 0 radical (unpaired) electrons. The molecule has 0 aliphatic heterocycles. The molecule has 0 amide bonds. The van der Waals surface area contributed by atoms with E-state index in [9.17, 15) is 0 Å². The van der Waals surface area contributed by atoms with Gasteiger partial charge in [0.2, 0.25) is 0 Å². The van der Waals surface area contributed by atoms with Gasteiger partial charge in [-0.15, -0.1) is 0 Å². The van der Waals surface area contributed by atoms with Crippen molar-refractivity contribution in [3.8, 4) is 33.4 Å². The molecular formula is C54H41N. The first kappa shape index (κ1) is 32.0. The van der Waals surface area contributed by atoms with E-state index < -0.39 is 0 Å². The highest BCUT2D eigenvalue weighted by atomic mass is 15.1. The normalized spacial score (nSPS) is 14.5. The molecule has 9 aromatic rings. The summed E-state index contributed by atoms with van der Waals surface area (Å²) in [5, 5.41) is 7.69. The molecule has 0 N–H and O–H groups in total. The second-order valence-corrected chi connectivity index (χ2v) is 16.6. The Hall–Kier alpha value is -6.44. The van der Waals surface area contributed by atoms with E-state index in [2.05, 4.69) is 209 Å². The van der Waals surface area contributed by atoms with E-state index in [0.717, 1.165) is 17.1 Å². The highest BCUT2D eigenvalue weighted by molar-refractivity contribution is 6.09. The lowest BCUT2D eigenvalue weighted by Crippen LogP contribution is -2.17. The van der Waals surface area contributed by atoms with Crippen LogP contribution in [0.1, 0.15) is 49.9 Å². The first-order valence-electron chi connectivity index (χ1n) is 19.5. The maximum atomic E-state index is 2.54. The van der Waals surface area contributed by atoms with Crippen LogP contribution in [0.3, 0.4) is 0 Å².